The average Bonchev–Trinajstić information content (AvgIpc) is 3.22. The molecule has 0 atom stereocenters. The molecule has 1 saturated carbocycles. The Morgan fingerprint density at radius 2 is 1.82 bits per heavy atom. The average molecular weight is 469 g/mol. The summed E-state index contributed by atoms with van der Waals surface area (Å²) in [6, 6.07) is 10.2. The van der Waals surface area contributed by atoms with Gasteiger partial charge in [0.1, 0.15) is 5.54 Å². The van der Waals surface area contributed by atoms with Gasteiger partial charge in [0.2, 0.25) is 17.7 Å². The number of nitrogens with one attached hydrogen (secondary N) is 1. The first-order valence-electron chi connectivity index (χ1n) is 12.6. The standard InChI is InChI=1S/C26H36N4O4/c1-20(31)28-26(15-7-2-3-8-16-26)25-27-23(34-29-25)11-12-24(32)30-17-13-22(14-18-30)33-19-21-9-5-4-6-10-21/h4-6,9-10,22H,2-3,7-8,11-19H2,1H3,(H,28,31). The number of aryl methyl sites for hydroxylation is 1. The monoisotopic (exact) mass is 468 g/mol. The Kier molecular flexibility index (Phi) is 8.32. The maximum Gasteiger partial charge on any atom is 0.227 e. The second kappa shape index (κ2) is 11.6. The molecule has 34 heavy (non-hydrogen) atoms. The van der Waals surface area contributed by atoms with Crippen molar-refractivity contribution in [1.29, 1.82) is 0 Å². The Hall–Kier alpha value is -2.74. The third-order valence-corrected chi connectivity index (χ3v) is 6.94. The lowest BCUT2D eigenvalue weighted by Gasteiger charge is -2.32. The van der Waals surface area contributed by atoms with E-state index in [1.807, 2.05) is 23.1 Å². The number of piperidine rings is 1. The summed E-state index contributed by atoms with van der Waals surface area (Å²) in [6.45, 7) is 3.55. The zero-order valence-corrected chi connectivity index (χ0v) is 20.1. The summed E-state index contributed by atoms with van der Waals surface area (Å²) >= 11 is 0. The van der Waals surface area contributed by atoms with Gasteiger partial charge in [0.15, 0.2) is 5.82 Å². The Labute approximate surface area is 201 Å². The van der Waals surface area contributed by atoms with Gasteiger partial charge in [0.05, 0.1) is 12.7 Å². The van der Waals surface area contributed by atoms with Crippen LogP contribution in [0, 0.1) is 0 Å². The first-order valence-corrected chi connectivity index (χ1v) is 12.6. The van der Waals surface area contributed by atoms with Gasteiger partial charge in [-0.15, -0.1) is 0 Å². The summed E-state index contributed by atoms with van der Waals surface area (Å²) in [6.07, 6.45) is 8.59. The molecule has 0 spiro atoms. The van der Waals surface area contributed by atoms with Crippen LogP contribution >= 0.6 is 0 Å². The van der Waals surface area contributed by atoms with Crippen molar-refractivity contribution in [1.82, 2.24) is 20.4 Å². The number of ether oxygens (including phenoxy) is 1. The fourth-order valence-corrected chi connectivity index (χ4v) is 5.06. The smallest absolute Gasteiger partial charge is 0.227 e. The van der Waals surface area contributed by atoms with Gasteiger partial charge in [-0.1, -0.05) is 61.2 Å². The van der Waals surface area contributed by atoms with E-state index in [0.29, 0.717) is 44.3 Å². The number of hydrogen-bond acceptors (Lipinski definition) is 6. The summed E-state index contributed by atoms with van der Waals surface area (Å²) in [7, 11) is 0. The molecule has 0 unspecified atom stereocenters. The molecule has 0 bridgehead atoms. The van der Waals surface area contributed by atoms with Crippen LogP contribution in [0.25, 0.3) is 0 Å². The van der Waals surface area contributed by atoms with Crippen molar-refractivity contribution in [2.45, 2.75) is 89.4 Å². The highest BCUT2D eigenvalue weighted by atomic mass is 16.5. The first kappa shape index (κ1) is 24.4. The number of carbonyl (C=O) groups excluding carboxylic acids is 2. The zero-order valence-electron chi connectivity index (χ0n) is 20.1. The van der Waals surface area contributed by atoms with Gasteiger partial charge in [-0.3, -0.25) is 9.59 Å². The number of carbonyl (C=O) groups is 2. The van der Waals surface area contributed by atoms with Crippen molar-refractivity contribution in [2.24, 2.45) is 0 Å². The van der Waals surface area contributed by atoms with E-state index < -0.39 is 5.54 Å². The maximum atomic E-state index is 12.8. The Bertz CT molecular complexity index is 929. The van der Waals surface area contributed by atoms with Crippen molar-refractivity contribution < 1.29 is 18.8 Å². The fourth-order valence-electron chi connectivity index (χ4n) is 5.06. The van der Waals surface area contributed by atoms with Crippen LogP contribution in [0.15, 0.2) is 34.9 Å². The van der Waals surface area contributed by atoms with E-state index >= 15 is 0 Å². The van der Waals surface area contributed by atoms with E-state index in [-0.39, 0.29) is 17.9 Å². The third-order valence-electron chi connectivity index (χ3n) is 6.94. The van der Waals surface area contributed by atoms with Crippen LogP contribution in [-0.2, 0) is 32.9 Å². The predicted octanol–water partition coefficient (Wildman–Crippen LogP) is 3.90. The third kappa shape index (κ3) is 6.44. The van der Waals surface area contributed by atoms with Gasteiger partial charge in [0, 0.05) is 32.9 Å². The van der Waals surface area contributed by atoms with Crippen LogP contribution in [-0.4, -0.2) is 46.0 Å². The minimum Gasteiger partial charge on any atom is -0.373 e. The first-order chi connectivity index (χ1) is 16.5. The molecule has 2 heterocycles. The molecule has 2 amide bonds. The molecule has 1 saturated heterocycles. The van der Waals surface area contributed by atoms with Gasteiger partial charge < -0.3 is 19.5 Å². The number of amides is 2. The quantitative estimate of drug-likeness (QED) is 0.590. The molecule has 2 aromatic rings. The fraction of sp³-hybridized carbons (Fsp3) is 0.615. The van der Waals surface area contributed by atoms with Crippen molar-refractivity contribution >= 4 is 11.8 Å². The van der Waals surface area contributed by atoms with Crippen LogP contribution in [0.1, 0.15) is 82.0 Å². The van der Waals surface area contributed by atoms with Crippen molar-refractivity contribution in [3.63, 3.8) is 0 Å². The van der Waals surface area contributed by atoms with Crippen molar-refractivity contribution in [3.05, 3.63) is 47.6 Å². The van der Waals surface area contributed by atoms with Crippen LogP contribution in [0.3, 0.4) is 0 Å². The lowest BCUT2D eigenvalue weighted by molar-refractivity contribution is -0.134. The number of aromatic nitrogens is 2. The maximum absolute atomic E-state index is 12.8. The van der Waals surface area contributed by atoms with Crippen molar-refractivity contribution in [2.75, 3.05) is 13.1 Å². The molecule has 2 aliphatic rings. The van der Waals surface area contributed by atoms with Crippen LogP contribution in [0.2, 0.25) is 0 Å². The SMILES string of the molecule is CC(=O)NC1(c2noc(CCC(=O)N3CCC(OCc4ccccc4)CC3)n2)CCCCCC1. The number of rotatable bonds is 8. The molecule has 2 fully saturated rings. The van der Waals surface area contributed by atoms with Gasteiger partial charge in [-0.05, 0) is 31.2 Å². The van der Waals surface area contributed by atoms with E-state index in [4.69, 9.17) is 9.26 Å². The lowest BCUT2D eigenvalue weighted by atomic mass is 9.89. The number of benzene rings is 1. The summed E-state index contributed by atoms with van der Waals surface area (Å²) in [5, 5.41) is 7.31. The molecule has 4 rings (SSSR count). The van der Waals surface area contributed by atoms with E-state index in [0.717, 1.165) is 51.4 Å². The molecule has 0 radical (unpaired) electrons. The van der Waals surface area contributed by atoms with Gasteiger partial charge in [0.25, 0.3) is 0 Å². The van der Waals surface area contributed by atoms with E-state index in [9.17, 15) is 9.59 Å². The molecular formula is C26H36N4O4. The number of nitrogens with zero attached hydrogens (tertiary/aromatic N) is 3. The largest absolute Gasteiger partial charge is 0.373 e. The molecule has 1 aromatic heterocycles. The van der Waals surface area contributed by atoms with Crippen LogP contribution < -0.4 is 5.32 Å². The lowest BCUT2D eigenvalue weighted by Crippen LogP contribution is -2.45. The minimum absolute atomic E-state index is 0.0837. The summed E-state index contributed by atoms with van der Waals surface area (Å²) in [5.41, 5.74) is 0.611. The second-order valence-electron chi connectivity index (χ2n) is 9.57. The number of likely N-dealkylation sites (tertiary alicyclic amines) is 1. The van der Waals surface area contributed by atoms with Crippen molar-refractivity contribution in [3.8, 4) is 0 Å². The second-order valence-corrected chi connectivity index (χ2v) is 9.57. The topological polar surface area (TPSA) is 97.6 Å². The summed E-state index contributed by atoms with van der Waals surface area (Å²) in [4.78, 5) is 31.1. The highest BCUT2D eigenvalue weighted by Crippen LogP contribution is 2.34. The van der Waals surface area contributed by atoms with E-state index in [1.54, 1.807) is 0 Å². The molecular weight excluding hydrogens is 432 g/mol. The molecule has 8 heteroatoms. The van der Waals surface area contributed by atoms with Crippen LogP contribution in [0.4, 0.5) is 0 Å². The molecule has 1 N–H and O–H groups in total. The minimum atomic E-state index is -0.560. The Morgan fingerprint density at radius 3 is 2.50 bits per heavy atom. The van der Waals surface area contributed by atoms with E-state index in [2.05, 4.69) is 27.6 Å². The molecule has 184 valence electrons. The summed E-state index contributed by atoms with van der Waals surface area (Å²) in [5.74, 6) is 1.02. The summed E-state index contributed by atoms with van der Waals surface area (Å²) < 4.78 is 11.5. The molecule has 1 aliphatic heterocycles. The van der Waals surface area contributed by atoms with E-state index in [1.165, 1.54) is 12.5 Å². The Morgan fingerprint density at radius 1 is 1.12 bits per heavy atom. The van der Waals surface area contributed by atoms with Crippen LogP contribution in [0.5, 0.6) is 0 Å². The van der Waals surface area contributed by atoms with Gasteiger partial charge in [-0.2, -0.15) is 4.98 Å². The highest BCUT2D eigenvalue weighted by Gasteiger charge is 2.38. The van der Waals surface area contributed by atoms with Gasteiger partial charge >= 0.3 is 0 Å². The number of hydrogen-bond donors (Lipinski definition) is 1. The molecule has 8 nitrogen and oxygen atoms in total. The Balaban J connectivity index is 1.25. The normalized spacial score (nSPS) is 18.9. The zero-order chi connectivity index (χ0) is 23.8. The molecule has 1 aromatic carbocycles. The predicted molar refractivity (Wildman–Crippen MR) is 127 cm³/mol. The molecule has 1 aliphatic carbocycles. The van der Waals surface area contributed by atoms with Gasteiger partial charge in [-0.25, -0.2) is 0 Å². The highest BCUT2D eigenvalue weighted by molar-refractivity contribution is 5.76.